The Labute approximate surface area is 133 Å². The smallest absolute Gasteiger partial charge is 0.233 e. The van der Waals surface area contributed by atoms with E-state index in [1.54, 1.807) is 7.05 Å². The number of carbonyl (C=O) groups excluding carboxylic acids is 2. The van der Waals surface area contributed by atoms with Crippen molar-refractivity contribution in [1.82, 2.24) is 20.9 Å². The molecule has 0 aromatic rings. The van der Waals surface area contributed by atoms with Crippen LogP contribution in [0.4, 0.5) is 0 Å². The molecule has 0 aromatic heterocycles. The zero-order chi connectivity index (χ0) is 15.8. The largest absolute Gasteiger partial charge is 0.358 e. The fourth-order valence-electron chi connectivity index (χ4n) is 3.32. The number of nitrogens with one attached hydrogen (secondary N) is 3. The molecular weight excluding hydrogens is 280 g/mol. The summed E-state index contributed by atoms with van der Waals surface area (Å²) in [5.74, 6) is 0.967. The lowest BCUT2D eigenvalue weighted by molar-refractivity contribution is -0.124. The molecule has 6 heteroatoms. The van der Waals surface area contributed by atoms with Crippen molar-refractivity contribution >= 4 is 11.8 Å². The quantitative estimate of drug-likeness (QED) is 0.650. The number of carbonyl (C=O) groups is 2. The molecule has 0 spiro atoms. The monoisotopic (exact) mass is 310 g/mol. The molecule has 0 atom stereocenters. The maximum atomic E-state index is 12.1. The fraction of sp³-hybridized carbons (Fsp3) is 0.875. The van der Waals surface area contributed by atoms with Gasteiger partial charge in [-0.05, 0) is 51.1 Å². The molecule has 0 aliphatic carbocycles. The van der Waals surface area contributed by atoms with E-state index in [-0.39, 0.29) is 17.9 Å². The Morgan fingerprint density at radius 1 is 1.09 bits per heavy atom. The van der Waals surface area contributed by atoms with Crippen molar-refractivity contribution in [2.45, 2.75) is 44.6 Å². The summed E-state index contributed by atoms with van der Waals surface area (Å²) in [4.78, 5) is 25.6. The summed E-state index contributed by atoms with van der Waals surface area (Å²) >= 11 is 0. The van der Waals surface area contributed by atoms with Gasteiger partial charge in [-0.2, -0.15) is 0 Å². The van der Waals surface area contributed by atoms with E-state index in [0.717, 1.165) is 45.4 Å². The van der Waals surface area contributed by atoms with Crippen LogP contribution in [0.25, 0.3) is 0 Å². The lowest BCUT2D eigenvalue weighted by Crippen LogP contribution is -2.47. The molecule has 6 nitrogen and oxygen atoms in total. The van der Waals surface area contributed by atoms with Crippen LogP contribution < -0.4 is 16.0 Å². The van der Waals surface area contributed by atoms with Crippen LogP contribution in [0.2, 0.25) is 0 Å². The number of piperidine rings is 2. The van der Waals surface area contributed by atoms with Gasteiger partial charge in [0, 0.05) is 32.6 Å². The topological polar surface area (TPSA) is 73.5 Å². The first kappa shape index (κ1) is 17.2. The van der Waals surface area contributed by atoms with E-state index in [2.05, 4.69) is 20.9 Å². The predicted molar refractivity (Wildman–Crippen MR) is 86.5 cm³/mol. The van der Waals surface area contributed by atoms with Crippen molar-refractivity contribution in [2.24, 2.45) is 5.92 Å². The van der Waals surface area contributed by atoms with Gasteiger partial charge in [0.05, 0.1) is 6.54 Å². The van der Waals surface area contributed by atoms with E-state index in [1.807, 2.05) is 0 Å². The van der Waals surface area contributed by atoms with Gasteiger partial charge < -0.3 is 16.0 Å². The van der Waals surface area contributed by atoms with Gasteiger partial charge in [0.2, 0.25) is 11.8 Å². The number of nitrogens with zero attached hydrogens (tertiary/aromatic N) is 1. The maximum absolute atomic E-state index is 12.1. The Kier molecular flexibility index (Phi) is 7.12. The highest BCUT2D eigenvalue weighted by molar-refractivity contribution is 5.77. The molecule has 2 fully saturated rings. The molecule has 2 heterocycles. The molecule has 0 saturated carbocycles. The van der Waals surface area contributed by atoms with Crippen molar-refractivity contribution < 1.29 is 9.59 Å². The SMILES string of the molecule is CNC(=O)CN1CCC(NC(=O)CCC2CCNCC2)CC1. The van der Waals surface area contributed by atoms with Gasteiger partial charge >= 0.3 is 0 Å². The zero-order valence-electron chi connectivity index (χ0n) is 13.7. The molecule has 126 valence electrons. The second-order valence-electron chi connectivity index (χ2n) is 6.52. The Balaban J connectivity index is 1.58. The maximum Gasteiger partial charge on any atom is 0.233 e. The Hall–Kier alpha value is -1.14. The Bertz CT molecular complexity index is 361. The second-order valence-corrected chi connectivity index (χ2v) is 6.52. The number of rotatable bonds is 6. The minimum absolute atomic E-state index is 0.0597. The first-order valence-electron chi connectivity index (χ1n) is 8.60. The molecule has 2 saturated heterocycles. The molecule has 2 amide bonds. The minimum atomic E-state index is 0.0597. The molecular formula is C16H30N4O2. The Morgan fingerprint density at radius 3 is 2.41 bits per heavy atom. The average Bonchev–Trinajstić information content (AvgIpc) is 2.55. The van der Waals surface area contributed by atoms with Crippen molar-refractivity contribution in [3.8, 4) is 0 Å². The fourth-order valence-corrected chi connectivity index (χ4v) is 3.32. The summed E-state index contributed by atoms with van der Waals surface area (Å²) < 4.78 is 0. The van der Waals surface area contributed by atoms with E-state index in [4.69, 9.17) is 0 Å². The molecule has 0 bridgehead atoms. The highest BCUT2D eigenvalue weighted by atomic mass is 16.2. The number of hydrogen-bond donors (Lipinski definition) is 3. The summed E-state index contributed by atoms with van der Waals surface area (Å²) in [6, 6.07) is 0.279. The molecule has 2 aliphatic heterocycles. The number of likely N-dealkylation sites (tertiary alicyclic amines) is 1. The molecule has 0 aromatic carbocycles. The zero-order valence-corrected chi connectivity index (χ0v) is 13.7. The van der Waals surface area contributed by atoms with Crippen LogP contribution in [0.3, 0.4) is 0 Å². The van der Waals surface area contributed by atoms with E-state index in [9.17, 15) is 9.59 Å². The van der Waals surface area contributed by atoms with E-state index in [1.165, 1.54) is 12.8 Å². The number of likely N-dealkylation sites (N-methyl/N-ethyl adjacent to an activating group) is 1. The van der Waals surface area contributed by atoms with Gasteiger partial charge in [0.15, 0.2) is 0 Å². The third kappa shape index (κ3) is 5.93. The third-order valence-electron chi connectivity index (χ3n) is 4.84. The first-order valence-corrected chi connectivity index (χ1v) is 8.60. The van der Waals surface area contributed by atoms with E-state index in [0.29, 0.717) is 18.9 Å². The van der Waals surface area contributed by atoms with Crippen LogP contribution in [-0.4, -0.2) is 62.5 Å². The summed E-state index contributed by atoms with van der Waals surface area (Å²) in [5.41, 5.74) is 0. The molecule has 3 N–H and O–H groups in total. The number of amides is 2. The van der Waals surface area contributed by atoms with Crippen molar-refractivity contribution in [2.75, 3.05) is 39.8 Å². The summed E-state index contributed by atoms with van der Waals surface area (Å²) in [6.07, 6.45) is 5.95. The lowest BCUT2D eigenvalue weighted by Gasteiger charge is -2.32. The second kappa shape index (κ2) is 9.10. The molecule has 0 radical (unpaired) electrons. The standard InChI is InChI=1S/C16H30N4O2/c1-17-16(22)12-20-10-6-14(7-11-20)19-15(21)3-2-13-4-8-18-9-5-13/h13-14,18H,2-12H2,1H3,(H,17,22)(H,19,21). The van der Waals surface area contributed by atoms with Crippen LogP contribution in [0, 0.1) is 5.92 Å². The van der Waals surface area contributed by atoms with Gasteiger partial charge in [-0.1, -0.05) is 0 Å². The van der Waals surface area contributed by atoms with Gasteiger partial charge in [-0.3, -0.25) is 14.5 Å². The third-order valence-corrected chi connectivity index (χ3v) is 4.84. The van der Waals surface area contributed by atoms with E-state index < -0.39 is 0 Å². The normalized spacial score (nSPS) is 21.5. The summed E-state index contributed by atoms with van der Waals surface area (Å²) in [6.45, 7) is 4.42. The highest BCUT2D eigenvalue weighted by Crippen LogP contribution is 2.18. The van der Waals surface area contributed by atoms with Gasteiger partial charge in [-0.15, -0.1) is 0 Å². The van der Waals surface area contributed by atoms with Crippen LogP contribution in [0.1, 0.15) is 38.5 Å². The van der Waals surface area contributed by atoms with Crippen LogP contribution in [0.15, 0.2) is 0 Å². The molecule has 2 rings (SSSR count). The lowest BCUT2D eigenvalue weighted by atomic mass is 9.93. The van der Waals surface area contributed by atoms with Crippen LogP contribution in [0.5, 0.6) is 0 Å². The van der Waals surface area contributed by atoms with E-state index >= 15 is 0 Å². The van der Waals surface area contributed by atoms with Crippen LogP contribution in [-0.2, 0) is 9.59 Å². The van der Waals surface area contributed by atoms with Gasteiger partial charge in [0.1, 0.15) is 0 Å². The van der Waals surface area contributed by atoms with Crippen molar-refractivity contribution in [3.05, 3.63) is 0 Å². The summed E-state index contributed by atoms with van der Waals surface area (Å²) in [7, 11) is 1.66. The minimum Gasteiger partial charge on any atom is -0.358 e. The van der Waals surface area contributed by atoms with Crippen LogP contribution >= 0.6 is 0 Å². The number of hydrogen-bond acceptors (Lipinski definition) is 4. The average molecular weight is 310 g/mol. The molecule has 22 heavy (non-hydrogen) atoms. The highest BCUT2D eigenvalue weighted by Gasteiger charge is 2.22. The summed E-state index contributed by atoms with van der Waals surface area (Å²) in [5, 5.41) is 9.17. The first-order chi connectivity index (χ1) is 10.7. The predicted octanol–water partition coefficient (Wildman–Crippen LogP) is 0.0928. The van der Waals surface area contributed by atoms with Gasteiger partial charge in [0.25, 0.3) is 0 Å². The van der Waals surface area contributed by atoms with Gasteiger partial charge in [-0.25, -0.2) is 0 Å². The van der Waals surface area contributed by atoms with Crippen molar-refractivity contribution in [1.29, 1.82) is 0 Å². The Morgan fingerprint density at radius 2 is 1.77 bits per heavy atom. The molecule has 0 unspecified atom stereocenters. The molecule has 2 aliphatic rings. The van der Waals surface area contributed by atoms with Crippen molar-refractivity contribution in [3.63, 3.8) is 0 Å².